The highest BCUT2D eigenvalue weighted by Gasteiger charge is 2.44. The molecule has 0 N–H and O–H groups in total. The zero-order valence-electron chi connectivity index (χ0n) is 15.7. The molecule has 3 heteroatoms. The highest BCUT2D eigenvalue weighted by atomic mass is 16.2. The minimum atomic E-state index is 0.122. The van der Waals surface area contributed by atoms with E-state index in [1.807, 2.05) is 0 Å². The van der Waals surface area contributed by atoms with E-state index in [1.165, 1.54) is 62.5 Å². The van der Waals surface area contributed by atoms with Crippen LogP contribution in [-0.2, 0) is 11.2 Å². The molecule has 1 heterocycles. The van der Waals surface area contributed by atoms with Crippen LogP contribution in [0.1, 0.15) is 68.4 Å². The van der Waals surface area contributed by atoms with Crippen molar-refractivity contribution in [3.63, 3.8) is 0 Å². The SMILES string of the molecule is CN1CCN(C(=O)C[C@H]2CCCc3ccccc32)C2(CCCCC2)C1. The van der Waals surface area contributed by atoms with Crippen LogP contribution < -0.4 is 0 Å². The Morgan fingerprint density at radius 1 is 1.12 bits per heavy atom. The fraction of sp³-hybridized carbons (Fsp3) is 0.682. The van der Waals surface area contributed by atoms with Gasteiger partial charge < -0.3 is 9.80 Å². The van der Waals surface area contributed by atoms with E-state index >= 15 is 0 Å². The molecule has 3 nitrogen and oxygen atoms in total. The first-order valence-electron chi connectivity index (χ1n) is 10.2. The molecule has 136 valence electrons. The van der Waals surface area contributed by atoms with Crippen molar-refractivity contribution in [3.8, 4) is 0 Å². The third kappa shape index (κ3) is 3.36. The van der Waals surface area contributed by atoms with Crippen LogP contribution >= 0.6 is 0 Å². The molecule has 0 aromatic heterocycles. The third-order valence-electron chi connectivity index (χ3n) is 6.84. The van der Waals surface area contributed by atoms with Crippen molar-refractivity contribution in [2.45, 2.75) is 69.2 Å². The maximum atomic E-state index is 13.4. The number of likely N-dealkylation sites (N-methyl/N-ethyl adjacent to an activating group) is 1. The lowest BCUT2D eigenvalue weighted by molar-refractivity contribution is -0.144. The second-order valence-corrected chi connectivity index (χ2v) is 8.56. The highest BCUT2D eigenvalue weighted by Crippen LogP contribution is 2.39. The molecule has 1 amide bonds. The van der Waals surface area contributed by atoms with Gasteiger partial charge in [-0.3, -0.25) is 4.79 Å². The number of carbonyl (C=O) groups excluding carboxylic acids is 1. The van der Waals surface area contributed by atoms with Gasteiger partial charge in [0.2, 0.25) is 5.91 Å². The average molecular weight is 341 g/mol. The molecule has 25 heavy (non-hydrogen) atoms. The average Bonchev–Trinajstić information content (AvgIpc) is 2.62. The molecule has 4 rings (SSSR count). The predicted octanol–water partition coefficient (Wildman–Crippen LogP) is 3.97. The van der Waals surface area contributed by atoms with E-state index in [2.05, 4.69) is 41.1 Å². The number of hydrogen-bond acceptors (Lipinski definition) is 2. The molecule has 1 saturated heterocycles. The van der Waals surface area contributed by atoms with E-state index in [1.54, 1.807) is 0 Å². The van der Waals surface area contributed by atoms with Gasteiger partial charge in [0, 0.05) is 26.1 Å². The van der Waals surface area contributed by atoms with Crippen LogP contribution in [0.25, 0.3) is 0 Å². The monoisotopic (exact) mass is 340 g/mol. The smallest absolute Gasteiger partial charge is 0.223 e. The summed E-state index contributed by atoms with van der Waals surface area (Å²) in [6.07, 6.45) is 10.6. The molecular weight excluding hydrogens is 308 g/mol. The Kier molecular flexibility index (Phi) is 4.86. The second kappa shape index (κ2) is 7.11. The number of amides is 1. The van der Waals surface area contributed by atoms with Crippen molar-refractivity contribution in [1.82, 2.24) is 9.80 Å². The van der Waals surface area contributed by atoms with Gasteiger partial charge in [0.25, 0.3) is 0 Å². The number of nitrogens with zero attached hydrogens (tertiary/aromatic N) is 2. The lowest BCUT2D eigenvalue weighted by Crippen LogP contribution is -2.64. The van der Waals surface area contributed by atoms with Crippen molar-refractivity contribution in [3.05, 3.63) is 35.4 Å². The summed E-state index contributed by atoms with van der Waals surface area (Å²) in [6.45, 7) is 3.01. The summed E-state index contributed by atoms with van der Waals surface area (Å²) in [5.74, 6) is 0.842. The summed E-state index contributed by atoms with van der Waals surface area (Å²) < 4.78 is 0. The van der Waals surface area contributed by atoms with Gasteiger partial charge in [-0.05, 0) is 56.2 Å². The summed E-state index contributed by atoms with van der Waals surface area (Å²) in [5, 5.41) is 0. The van der Waals surface area contributed by atoms with Crippen molar-refractivity contribution < 1.29 is 4.79 Å². The van der Waals surface area contributed by atoms with Crippen molar-refractivity contribution in [2.24, 2.45) is 0 Å². The first-order valence-corrected chi connectivity index (χ1v) is 10.2. The van der Waals surface area contributed by atoms with Gasteiger partial charge >= 0.3 is 0 Å². The van der Waals surface area contributed by atoms with Crippen LogP contribution in [0.4, 0.5) is 0 Å². The molecule has 1 aromatic carbocycles. The molecule has 1 spiro atoms. The van der Waals surface area contributed by atoms with E-state index in [4.69, 9.17) is 0 Å². The predicted molar refractivity (Wildman–Crippen MR) is 102 cm³/mol. The zero-order valence-corrected chi connectivity index (χ0v) is 15.7. The number of benzene rings is 1. The molecule has 0 radical (unpaired) electrons. The van der Waals surface area contributed by atoms with Gasteiger partial charge in [-0.25, -0.2) is 0 Å². The Hall–Kier alpha value is -1.35. The number of carbonyl (C=O) groups is 1. The topological polar surface area (TPSA) is 23.6 Å². The number of aryl methyl sites for hydroxylation is 1. The Morgan fingerprint density at radius 3 is 2.76 bits per heavy atom. The quantitative estimate of drug-likeness (QED) is 0.813. The Labute approximate surface area is 152 Å². The van der Waals surface area contributed by atoms with Gasteiger partial charge in [0.05, 0.1) is 5.54 Å². The molecule has 2 aliphatic carbocycles. The second-order valence-electron chi connectivity index (χ2n) is 8.56. The van der Waals surface area contributed by atoms with Gasteiger partial charge in [-0.15, -0.1) is 0 Å². The van der Waals surface area contributed by atoms with E-state index in [0.717, 1.165) is 19.6 Å². The van der Waals surface area contributed by atoms with Crippen molar-refractivity contribution >= 4 is 5.91 Å². The van der Waals surface area contributed by atoms with Gasteiger partial charge in [0.1, 0.15) is 0 Å². The summed E-state index contributed by atoms with van der Waals surface area (Å²) in [5.41, 5.74) is 3.03. The molecule has 1 aliphatic heterocycles. The van der Waals surface area contributed by atoms with Crippen molar-refractivity contribution in [1.29, 1.82) is 0 Å². The lowest BCUT2D eigenvalue weighted by Gasteiger charge is -2.52. The summed E-state index contributed by atoms with van der Waals surface area (Å²) >= 11 is 0. The van der Waals surface area contributed by atoms with E-state index in [-0.39, 0.29) is 5.54 Å². The number of fused-ring (bicyclic) bond motifs is 1. The van der Waals surface area contributed by atoms with E-state index in [9.17, 15) is 4.79 Å². The van der Waals surface area contributed by atoms with Crippen LogP contribution in [0.15, 0.2) is 24.3 Å². The van der Waals surface area contributed by atoms with Gasteiger partial charge in [0.15, 0.2) is 0 Å². The normalized spacial score (nSPS) is 26.4. The molecule has 1 atom stereocenters. The lowest BCUT2D eigenvalue weighted by atomic mass is 9.77. The fourth-order valence-electron chi connectivity index (χ4n) is 5.59. The third-order valence-corrected chi connectivity index (χ3v) is 6.84. The summed E-state index contributed by atoms with van der Waals surface area (Å²) in [4.78, 5) is 18.1. The fourth-order valence-corrected chi connectivity index (χ4v) is 5.59. The summed E-state index contributed by atoms with van der Waals surface area (Å²) in [7, 11) is 2.22. The van der Waals surface area contributed by atoms with Crippen LogP contribution in [0.3, 0.4) is 0 Å². The maximum absolute atomic E-state index is 13.4. The number of piperazine rings is 1. The number of rotatable bonds is 2. The Bertz CT molecular complexity index is 620. The minimum Gasteiger partial charge on any atom is -0.334 e. The molecule has 1 saturated carbocycles. The molecule has 0 unspecified atom stereocenters. The molecule has 0 bridgehead atoms. The van der Waals surface area contributed by atoms with Gasteiger partial charge in [-0.2, -0.15) is 0 Å². The Morgan fingerprint density at radius 2 is 1.92 bits per heavy atom. The first kappa shape index (κ1) is 17.1. The largest absolute Gasteiger partial charge is 0.334 e. The van der Waals surface area contributed by atoms with E-state index in [0.29, 0.717) is 18.2 Å². The maximum Gasteiger partial charge on any atom is 0.223 e. The molecule has 1 aromatic rings. The number of hydrogen-bond donors (Lipinski definition) is 0. The molecule has 2 fully saturated rings. The zero-order chi connectivity index (χ0) is 17.3. The Balaban J connectivity index is 1.52. The van der Waals surface area contributed by atoms with Crippen LogP contribution in [0.5, 0.6) is 0 Å². The molecule has 3 aliphatic rings. The summed E-state index contributed by atoms with van der Waals surface area (Å²) in [6, 6.07) is 8.79. The van der Waals surface area contributed by atoms with Crippen LogP contribution in [-0.4, -0.2) is 47.9 Å². The standard InChI is InChI=1S/C22H32N2O/c1-23-14-15-24(22(17-23)12-5-2-6-13-22)21(25)16-19-10-7-9-18-8-3-4-11-20(18)19/h3-4,8,11,19H,2,5-7,9-10,12-17H2,1H3/t19-/m1/s1. The van der Waals surface area contributed by atoms with Crippen LogP contribution in [0.2, 0.25) is 0 Å². The van der Waals surface area contributed by atoms with Gasteiger partial charge in [-0.1, -0.05) is 43.5 Å². The first-order chi connectivity index (χ1) is 12.2. The minimum absolute atomic E-state index is 0.122. The molecular formula is C22H32N2O. The van der Waals surface area contributed by atoms with Crippen molar-refractivity contribution in [2.75, 3.05) is 26.7 Å². The highest BCUT2D eigenvalue weighted by molar-refractivity contribution is 5.78. The van der Waals surface area contributed by atoms with E-state index < -0.39 is 0 Å². The van der Waals surface area contributed by atoms with Crippen LogP contribution in [0, 0.1) is 0 Å².